The first kappa shape index (κ1) is 16.2. The first-order valence-corrected chi connectivity index (χ1v) is 8.89. The van der Waals surface area contributed by atoms with Gasteiger partial charge in [-0.15, -0.1) is 0 Å². The largest absolute Gasteiger partial charge is 0.364 e. The van der Waals surface area contributed by atoms with Crippen LogP contribution in [0.15, 0.2) is 42.5 Å². The Kier molecular flexibility index (Phi) is 4.06. The molecule has 0 bridgehead atoms. The van der Waals surface area contributed by atoms with E-state index < -0.39 is 0 Å². The molecule has 0 aliphatic carbocycles. The number of hydrogen-bond donors (Lipinski definition) is 1. The molecule has 5 nitrogen and oxygen atoms in total. The van der Waals surface area contributed by atoms with Crippen LogP contribution < -0.4 is 9.80 Å². The highest BCUT2D eigenvalue weighted by Gasteiger charge is 2.47. The summed E-state index contributed by atoms with van der Waals surface area (Å²) >= 11 is 0. The van der Waals surface area contributed by atoms with Crippen molar-refractivity contribution < 1.29 is 19.2 Å². The Morgan fingerprint density at radius 3 is 2.44 bits per heavy atom. The lowest BCUT2D eigenvalue weighted by Gasteiger charge is -2.34. The number of hydrogen-bond acceptors (Lipinski definition) is 3. The molecule has 0 radical (unpaired) electrons. The predicted molar refractivity (Wildman–Crippen MR) is 95.6 cm³/mol. The smallest absolute Gasteiger partial charge is 0.292 e. The van der Waals surface area contributed by atoms with Gasteiger partial charge >= 0.3 is 0 Å². The molecule has 130 valence electrons. The van der Waals surface area contributed by atoms with E-state index in [-0.39, 0.29) is 36.5 Å². The number of nitrogens with one attached hydrogen (secondary N) is 1. The highest BCUT2D eigenvalue weighted by Crippen LogP contribution is 2.30. The lowest BCUT2D eigenvalue weighted by atomic mass is 10.1. The number of amides is 2. The maximum atomic E-state index is 13.1. The van der Waals surface area contributed by atoms with Crippen molar-refractivity contribution in [3.8, 4) is 0 Å². The van der Waals surface area contributed by atoms with E-state index in [1.807, 2.05) is 56.3 Å². The van der Waals surface area contributed by atoms with Crippen molar-refractivity contribution in [1.82, 2.24) is 0 Å². The summed E-state index contributed by atoms with van der Waals surface area (Å²) in [7, 11) is 0. The number of quaternary nitrogens is 1. The van der Waals surface area contributed by atoms with Crippen molar-refractivity contribution in [3.05, 3.63) is 42.5 Å². The van der Waals surface area contributed by atoms with E-state index >= 15 is 0 Å². The Labute approximate surface area is 147 Å². The van der Waals surface area contributed by atoms with Gasteiger partial charge in [0.05, 0.1) is 12.1 Å². The molecule has 1 N–H and O–H groups in total. The standard InChI is InChI=1S/C20H22N2O3/c1-13-11-21(12-14(2)25-13)18-10-19(23)22(20(18)24)17-9-5-7-15-6-3-4-8-16(15)17/h3-9,13-14,18H,10-12H2,1-2H3/p+1/t13-,14-,18-/m1/s1. The molecule has 2 aromatic carbocycles. The third-order valence-electron chi connectivity index (χ3n) is 5.21. The van der Waals surface area contributed by atoms with E-state index in [4.69, 9.17) is 4.74 Å². The van der Waals surface area contributed by atoms with Gasteiger partial charge in [0.15, 0.2) is 6.04 Å². The third kappa shape index (κ3) is 2.83. The van der Waals surface area contributed by atoms with Crippen LogP contribution >= 0.6 is 0 Å². The molecule has 2 aliphatic heterocycles. The van der Waals surface area contributed by atoms with Crippen LogP contribution in [0.3, 0.4) is 0 Å². The van der Waals surface area contributed by atoms with Crippen molar-refractivity contribution in [2.24, 2.45) is 0 Å². The maximum Gasteiger partial charge on any atom is 0.292 e. The van der Waals surface area contributed by atoms with E-state index in [1.165, 1.54) is 4.90 Å². The van der Waals surface area contributed by atoms with Gasteiger partial charge in [-0.3, -0.25) is 9.59 Å². The predicted octanol–water partition coefficient (Wildman–Crippen LogP) is 1.16. The van der Waals surface area contributed by atoms with Gasteiger partial charge in [0.25, 0.3) is 5.91 Å². The third-order valence-corrected chi connectivity index (χ3v) is 5.21. The second-order valence-corrected chi connectivity index (χ2v) is 7.15. The zero-order valence-corrected chi connectivity index (χ0v) is 14.6. The number of carbonyl (C=O) groups excluding carboxylic acids is 2. The normalized spacial score (nSPS) is 30.2. The quantitative estimate of drug-likeness (QED) is 0.836. The number of carbonyl (C=O) groups is 2. The van der Waals surface area contributed by atoms with Gasteiger partial charge in [-0.25, -0.2) is 4.90 Å². The number of morpholine rings is 1. The van der Waals surface area contributed by atoms with Crippen LogP contribution in [0.4, 0.5) is 5.69 Å². The second kappa shape index (κ2) is 6.24. The minimum absolute atomic E-state index is 0.0855. The fourth-order valence-electron chi connectivity index (χ4n) is 4.21. The van der Waals surface area contributed by atoms with Crippen molar-refractivity contribution in [2.45, 2.75) is 38.5 Å². The van der Waals surface area contributed by atoms with Gasteiger partial charge in [0, 0.05) is 5.39 Å². The molecular weight excluding hydrogens is 316 g/mol. The SMILES string of the molecule is C[C@@H]1C[NH+]([C@@H]2CC(=O)N(c3cccc4ccccc34)C2=O)C[C@@H](C)O1. The molecular formula is C20H23N2O3+. The number of fused-ring (bicyclic) bond motifs is 1. The Hall–Kier alpha value is -2.24. The zero-order valence-electron chi connectivity index (χ0n) is 14.6. The van der Waals surface area contributed by atoms with Gasteiger partial charge in [-0.1, -0.05) is 36.4 Å². The average molecular weight is 339 g/mol. The molecule has 3 atom stereocenters. The van der Waals surface area contributed by atoms with Crippen molar-refractivity contribution in [2.75, 3.05) is 18.0 Å². The molecule has 2 aliphatic rings. The first-order chi connectivity index (χ1) is 12.0. The highest BCUT2D eigenvalue weighted by atomic mass is 16.5. The van der Waals surface area contributed by atoms with Crippen LogP contribution in [0.2, 0.25) is 0 Å². The van der Waals surface area contributed by atoms with E-state index in [9.17, 15) is 9.59 Å². The summed E-state index contributed by atoms with van der Waals surface area (Å²) in [4.78, 5) is 28.4. The molecule has 5 heteroatoms. The van der Waals surface area contributed by atoms with Gasteiger partial charge in [-0.2, -0.15) is 0 Å². The minimum atomic E-state index is -0.305. The Bertz CT molecular complexity index is 819. The van der Waals surface area contributed by atoms with Crippen LogP contribution in [0.25, 0.3) is 10.8 Å². The van der Waals surface area contributed by atoms with Gasteiger partial charge in [-0.05, 0) is 25.3 Å². The number of anilines is 1. The summed E-state index contributed by atoms with van der Waals surface area (Å²) < 4.78 is 5.78. The Balaban J connectivity index is 1.67. The first-order valence-electron chi connectivity index (χ1n) is 8.89. The van der Waals surface area contributed by atoms with Crippen LogP contribution in [-0.2, 0) is 14.3 Å². The van der Waals surface area contributed by atoms with E-state index in [0.29, 0.717) is 5.69 Å². The van der Waals surface area contributed by atoms with Gasteiger partial charge in [0.2, 0.25) is 5.91 Å². The number of ether oxygens (including phenoxy) is 1. The van der Waals surface area contributed by atoms with Crippen LogP contribution in [0, 0.1) is 0 Å². The molecule has 0 saturated carbocycles. The van der Waals surface area contributed by atoms with Crippen molar-refractivity contribution in [3.63, 3.8) is 0 Å². The molecule has 0 unspecified atom stereocenters. The molecule has 2 fully saturated rings. The minimum Gasteiger partial charge on any atom is -0.364 e. The number of nitrogens with zero attached hydrogens (tertiary/aromatic N) is 1. The van der Waals surface area contributed by atoms with Gasteiger partial charge in [0.1, 0.15) is 25.3 Å². The topological polar surface area (TPSA) is 51.0 Å². The molecule has 0 aromatic heterocycles. The Morgan fingerprint density at radius 2 is 1.68 bits per heavy atom. The number of imide groups is 1. The zero-order chi connectivity index (χ0) is 17.6. The Morgan fingerprint density at radius 1 is 1.00 bits per heavy atom. The lowest BCUT2D eigenvalue weighted by molar-refractivity contribution is -0.929. The summed E-state index contributed by atoms with van der Waals surface area (Å²) in [5, 5.41) is 1.97. The second-order valence-electron chi connectivity index (χ2n) is 7.15. The van der Waals surface area contributed by atoms with Crippen molar-refractivity contribution in [1.29, 1.82) is 0 Å². The lowest BCUT2D eigenvalue weighted by Crippen LogP contribution is -3.19. The van der Waals surface area contributed by atoms with Gasteiger partial charge < -0.3 is 9.64 Å². The summed E-state index contributed by atoms with van der Waals surface area (Å²) in [6, 6.07) is 13.3. The fourth-order valence-corrected chi connectivity index (χ4v) is 4.21. The monoisotopic (exact) mass is 339 g/mol. The summed E-state index contributed by atoms with van der Waals surface area (Å²) in [5.41, 5.74) is 0.698. The summed E-state index contributed by atoms with van der Waals surface area (Å²) in [6.45, 7) is 5.58. The van der Waals surface area contributed by atoms with E-state index in [0.717, 1.165) is 28.8 Å². The molecule has 2 saturated heterocycles. The van der Waals surface area contributed by atoms with Crippen LogP contribution in [0.5, 0.6) is 0 Å². The fraction of sp³-hybridized carbons (Fsp3) is 0.400. The molecule has 2 aromatic rings. The van der Waals surface area contributed by atoms with E-state index in [2.05, 4.69) is 0 Å². The highest BCUT2D eigenvalue weighted by molar-refractivity contribution is 6.24. The molecule has 25 heavy (non-hydrogen) atoms. The molecule has 4 rings (SSSR count). The van der Waals surface area contributed by atoms with E-state index in [1.54, 1.807) is 0 Å². The number of benzene rings is 2. The molecule has 0 spiro atoms. The van der Waals surface area contributed by atoms with Crippen LogP contribution in [-0.4, -0.2) is 43.2 Å². The maximum absolute atomic E-state index is 13.1. The summed E-state index contributed by atoms with van der Waals surface area (Å²) in [6.07, 6.45) is 0.484. The number of rotatable bonds is 2. The molecule has 2 heterocycles. The van der Waals surface area contributed by atoms with Crippen LogP contribution in [0.1, 0.15) is 20.3 Å². The summed E-state index contributed by atoms with van der Waals surface area (Å²) in [5.74, 6) is -0.191. The average Bonchev–Trinajstić information content (AvgIpc) is 2.88. The van der Waals surface area contributed by atoms with Crippen molar-refractivity contribution >= 4 is 28.3 Å². The molecule has 2 amide bonds.